The van der Waals surface area contributed by atoms with Gasteiger partial charge in [0.05, 0.1) is 35.4 Å². The lowest BCUT2D eigenvalue weighted by Gasteiger charge is -2.31. The van der Waals surface area contributed by atoms with Gasteiger partial charge in [-0.15, -0.1) is 0 Å². The van der Waals surface area contributed by atoms with Gasteiger partial charge in [0.1, 0.15) is 17.6 Å². The predicted octanol–water partition coefficient (Wildman–Crippen LogP) is 3.55. The van der Waals surface area contributed by atoms with Crippen LogP contribution in [-0.2, 0) is 4.74 Å². The summed E-state index contributed by atoms with van der Waals surface area (Å²) in [6.07, 6.45) is 1.76. The van der Waals surface area contributed by atoms with E-state index in [4.69, 9.17) is 21.4 Å². The number of ether oxygens (including phenoxy) is 1. The van der Waals surface area contributed by atoms with Gasteiger partial charge >= 0.3 is 0 Å². The van der Waals surface area contributed by atoms with Crippen LogP contribution in [0.4, 0.5) is 5.69 Å². The molecule has 9 nitrogen and oxygen atoms in total. The van der Waals surface area contributed by atoms with E-state index in [9.17, 15) is 10.1 Å². The molecular formula is C24H25N5O4S. The summed E-state index contributed by atoms with van der Waals surface area (Å²) in [6, 6.07) is 15.6. The molecule has 1 aromatic carbocycles. The minimum Gasteiger partial charge on any atom is -0.459 e. The van der Waals surface area contributed by atoms with Crippen molar-refractivity contribution in [3.63, 3.8) is 0 Å². The van der Waals surface area contributed by atoms with E-state index in [2.05, 4.69) is 20.1 Å². The number of nitro groups is 1. The Bertz CT molecular complexity index is 1160. The lowest BCUT2D eigenvalue weighted by atomic mass is 10.0. The van der Waals surface area contributed by atoms with E-state index in [-0.39, 0.29) is 17.8 Å². The summed E-state index contributed by atoms with van der Waals surface area (Å²) >= 11 is 5.73. The Morgan fingerprint density at radius 2 is 1.88 bits per heavy atom. The third-order valence-corrected chi connectivity index (χ3v) is 6.60. The van der Waals surface area contributed by atoms with Crippen molar-refractivity contribution in [1.29, 1.82) is 0 Å². The van der Waals surface area contributed by atoms with Crippen molar-refractivity contribution in [2.24, 2.45) is 0 Å². The summed E-state index contributed by atoms with van der Waals surface area (Å²) in [5, 5.41) is 15.6. The molecule has 176 valence electrons. The van der Waals surface area contributed by atoms with Crippen LogP contribution in [0.25, 0.3) is 11.3 Å². The quantitative estimate of drug-likeness (QED) is 0.310. The van der Waals surface area contributed by atoms with Gasteiger partial charge in [0.25, 0.3) is 5.69 Å². The van der Waals surface area contributed by atoms with Crippen LogP contribution >= 0.6 is 12.2 Å². The fourth-order valence-corrected chi connectivity index (χ4v) is 4.86. The van der Waals surface area contributed by atoms with Crippen molar-refractivity contribution in [3.8, 4) is 11.3 Å². The van der Waals surface area contributed by atoms with Crippen molar-refractivity contribution in [2.45, 2.75) is 12.1 Å². The van der Waals surface area contributed by atoms with Crippen LogP contribution in [-0.4, -0.2) is 64.2 Å². The van der Waals surface area contributed by atoms with Gasteiger partial charge in [0.2, 0.25) is 0 Å². The normalized spacial score (nSPS) is 20.9. The van der Waals surface area contributed by atoms with Crippen molar-refractivity contribution in [1.82, 2.24) is 20.1 Å². The molecule has 2 fully saturated rings. The molecule has 2 saturated heterocycles. The fraction of sp³-hybridized carbons (Fsp3) is 0.333. The zero-order chi connectivity index (χ0) is 23.5. The van der Waals surface area contributed by atoms with Gasteiger partial charge in [-0.3, -0.25) is 20.0 Å². The van der Waals surface area contributed by atoms with Gasteiger partial charge in [-0.2, -0.15) is 0 Å². The van der Waals surface area contributed by atoms with Crippen LogP contribution in [0.2, 0.25) is 0 Å². The Hall–Kier alpha value is -3.34. The van der Waals surface area contributed by atoms with E-state index in [1.807, 2.05) is 24.3 Å². The number of morpholine rings is 1. The summed E-state index contributed by atoms with van der Waals surface area (Å²) in [5.74, 6) is 1.13. The lowest BCUT2D eigenvalue weighted by Crippen LogP contribution is -2.42. The zero-order valence-corrected chi connectivity index (χ0v) is 19.3. The highest BCUT2D eigenvalue weighted by molar-refractivity contribution is 7.80. The number of rotatable bonds is 7. The first-order valence-electron chi connectivity index (χ1n) is 11.2. The molecule has 0 spiro atoms. The van der Waals surface area contributed by atoms with Crippen molar-refractivity contribution in [3.05, 3.63) is 82.4 Å². The second-order valence-electron chi connectivity index (χ2n) is 8.25. The molecule has 2 aliphatic heterocycles. The highest BCUT2D eigenvalue weighted by Crippen LogP contribution is 2.41. The third kappa shape index (κ3) is 4.52. The number of thiocarbonyl (C=S) groups is 1. The van der Waals surface area contributed by atoms with Gasteiger partial charge in [0, 0.05) is 38.4 Å². The average molecular weight is 480 g/mol. The van der Waals surface area contributed by atoms with Gasteiger partial charge in [-0.05, 0) is 42.5 Å². The fourth-order valence-electron chi connectivity index (χ4n) is 4.53. The Kier molecular flexibility index (Phi) is 6.52. The molecule has 0 amide bonds. The summed E-state index contributed by atoms with van der Waals surface area (Å²) in [4.78, 5) is 20.2. The highest BCUT2D eigenvalue weighted by Gasteiger charge is 2.41. The first-order chi connectivity index (χ1) is 16.6. The van der Waals surface area contributed by atoms with E-state index in [1.165, 1.54) is 6.07 Å². The number of hydrogen-bond acceptors (Lipinski definition) is 7. The van der Waals surface area contributed by atoms with Crippen LogP contribution in [0.3, 0.4) is 0 Å². The van der Waals surface area contributed by atoms with E-state index in [0.29, 0.717) is 28.7 Å². The maximum absolute atomic E-state index is 11.5. The van der Waals surface area contributed by atoms with E-state index in [1.54, 1.807) is 30.5 Å². The van der Waals surface area contributed by atoms with Crippen molar-refractivity contribution >= 4 is 23.0 Å². The minimum absolute atomic E-state index is 0.00826. The number of para-hydroxylation sites is 1. The monoisotopic (exact) mass is 479 g/mol. The van der Waals surface area contributed by atoms with E-state index >= 15 is 0 Å². The van der Waals surface area contributed by atoms with Crippen LogP contribution in [0.1, 0.15) is 23.5 Å². The van der Waals surface area contributed by atoms with Crippen LogP contribution in [0.15, 0.2) is 65.2 Å². The molecule has 4 heterocycles. The number of furan rings is 1. The maximum atomic E-state index is 11.5. The molecular weight excluding hydrogens is 454 g/mol. The van der Waals surface area contributed by atoms with Crippen molar-refractivity contribution in [2.75, 3.05) is 39.4 Å². The van der Waals surface area contributed by atoms with Gasteiger partial charge in [-0.25, -0.2) is 0 Å². The first-order valence-corrected chi connectivity index (χ1v) is 11.6. The molecule has 0 radical (unpaired) electrons. The lowest BCUT2D eigenvalue weighted by molar-refractivity contribution is -0.384. The zero-order valence-electron chi connectivity index (χ0n) is 18.5. The Balaban J connectivity index is 1.47. The van der Waals surface area contributed by atoms with Crippen LogP contribution < -0.4 is 5.32 Å². The Labute approximate surface area is 202 Å². The van der Waals surface area contributed by atoms with Gasteiger partial charge in [-0.1, -0.05) is 18.2 Å². The number of benzene rings is 1. The number of aromatic nitrogens is 1. The topological polar surface area (TPSA) is 96.9 Å². The molecule has 2 unspecified atom stereocenters. The molecule has 2 atom stereocenters. The second-order valence-corrected chi connectivity index (χ2v) is 8.64. The SMILES string of the molecule is O=[N+]([O-])c1ccccc1-c1ccc(C2C(c3ccccn3)NC(=S)N2CCN2CCOCC2)o1. The molecule has 1 N–H and O–H groups in total. The van der Waals surface area contributed by atoms with Crippen LogP contribution in [0, 0.1) is 10.1 Å². The minimum atomic E-state index is -0.394. The Morgan fingerprint density at radius 3 is 2.65 bits per heavy atom. The molecule has 0 bridgehead atoms. The maximum Gasteiger partial charge on any atom is 0.280 e. The van der Waals surface area contributed by atoms with E-state index in [0.717, 1.165) is 38.5 Å². The van der Waals surface area contributed by atoms with Gasteiger partial charge < -0.3 is 19.4 Å². The predicted molar refractivity (Wildman–Crippen MR) is 130 cm³/mol. The van der Waals surface area contributed by atoms with E-state index < -0.39 is 4.92 Å². The molecule has 2 aromatic heterocycles. The number of hydrogen-bond donors (Lipinski definition) is 1. The molecule has 3 aromatic rings. The summed E-state index contributed by atoms with van der Waals surface area (Å²) in [6.45, 7) is 4.81. The number of nitro benzene ring substituents is 1. The molecule has 0 aliphatic carbocycles. The molecule has 5 rings (SSSR count). The number of nitrogens with one attached hydrogen (secondary N) is 1. The molecule has 0 saturated carbocycles. The third-order valence-electron chi connectivity index (χ3n) is 6.24. The average Bonchev–Trinajstić information content (AvgIpc) is 3.48. The van der Waals surface area contributed by atoms with Crippen molar-refractivity contribution < 1.29 is 14.1 Å². The molecule has 2 aliphatic rings. The first kappa shape index (κ1) is 22.5. The van der Waals surface area contributed by atoms with Crippen LogP contribution in [0.5, 0.6) is 0 Å². The molecule has 34 heavy (non-hydrogen) atoms. The Morgan fingerprint density at radius 1 is 1.09 bits per heavy atom. The number of nitrogens with zero attached hydrogens (tertiary/aromatic N) is 4. The summed E-state index contributed by atoms with van der Waals surface area (Å²) < 4.78 is 11.7. The second kappa shape index (κ2) is 9.88. The molecule has 10 heteroatoms. The smallest absolute Gasteiger partial charge is 0.280 e. The highest BCUT2D eigenvalue weighted by atomic mass is 32.1. The number of pyridine rings is 1. The summed E-state index contributed by atoms with van der Waals surface area (Å²) in [5.41, 5.74) is 1.31. The largest absolute Gasteiger partial charge is 0.459 e. The standard InChI is InChI=1S/C24H25N5O4S/c30-29(31)19-7-2-1-5-17(19)20-8-9-21(33-20)23-22(18-6-3-4-10-25-18)26-24(34)28(23)12-11-27-13-15-32-16-14-27/h1-10,22-23H,11-16H2,(H,26,34). The van der Waals surface area contributed by atoms with Gasteiger partial charge in [0.15, 0.2) is 5.11 Å². The summed E-state index contributed by atoms with van der Waals surface area (Å²) in [7, 11) is 0.